The summed E-state index contributed by atoms with van der Waals surface area (Å²) >= 11 is 0. The maximum absolute atomic E-state index is 9.99. The molecule has 0 radical (unpaired) electrons. The van der Waals surface area contributed by atoms with Crippen LogP contribution in [0.4, 0.5) is 5.82 Å². The Labute approximate surface area is 171 Å². The number of anilines is 1. The van der Waals surface area contributed by atoms with Crippen molar-refractivity contribution >= 4 is 11.5 Å². The second-order valence-electron chi connectivity index (χ2n) is 8.21. The molecule has 3 aromatic rings. The summed E-state index contributed by atoms with van der Waals surface area (Å²) in [6, 6.07) is 8.15. The van der Waals surface area contributed by atoms with Crippen LogP contribution in [0.1, 0.15) is 42.6 Å². The molecule has 1 saturated heterocycles. The summed E-state index contributed by atoms with van der Waals surface area (Å²) in [7, 11) is 1.69. The summed E-state index contributed by atoms with van der Waals surface area (Å²) in [5.41, 5.74) is 6.71. The largest absolute Gasteiger partial charge is 0.497 e. The Hall–Kier alpha value is -2.60. The lowest BCUT2D eigenvalue weighted by Gasteiger charge is -2.34. The van der Waals surface area contributed by atoms with Gasteiger partial charge in [0, 0.05) is 29.9 Å². The molecule has 2 aromatic heterocycles. The van der Waals surface area contributed by atoms with Gasteiger partial charge in [-0.05, 0) is 63.1 Å². The zero-order valence-electron chi connectivity index (χ0n) is 17.2. The summed E-state index contributed by atoms with van der Waals surface area (Å²) in [4.78, 5) is 7.53. The molecule has 3 heterocycles. The number of aliphatic hydroxyl groups is 1. The van der Waals surface area contributed by atoms with Gasteiger partial charge in [0.15, 0.2) is 5.65 Å². The Kier molecular flexibility index (Phi) is 4.66. The van der Waals surface area contributed by atoms with Crippen molar-refractivity contribution in [2.75, 3.05) is 25.1 Å². The van der Waals surface area contributed by atoms with Crippen LogP contribution in [0.5, 0.6) is 5.75 Å². The summed E-state index contributed by atoms with van der Waals surface area (Å²) in [6.07, 6.45) is 5.92. The molecule has 0 unspecified atom stereocenters. The van der Waals surface area contributed by atoms with E-state index < -0.39 is 0 Å². The minimum atomic E-state index is -0.186. The topological polar surface area (TPSA) is 62.9 Å². The first-order chi connectivity index (χ1) is 14.2. The van der Waals surface area contributed by atoms with E-state index in [0.29, 0.717) is 0 Å². The number of aryl methyl sites for hydroxylation is 2. The molecule has 1 aromatic carbocycles. The smallest absolute Gasteiger partial charge is 0.165 e. The number of benzene rings is 1. The zero-order valence-corrected chi connectivity index (χ0v) is 17.2. The monoisotopic (exact) mass is 392 g/mol. The molecule has 1 fully saturated rings. The molecule has 1 aliphatic heterocycles. The molecule has 6 nitrogen and oxygen atoms in total. The minimum absolute atomic E-state index is 0.186. The second kappa shape index (κ2) is 7.34. The molecule has 0 bridgehead atoms. The highest BCUT2D eigenvalue weighted by Gasteiger charge is 2.28. The maximum Gasteiger partial charge on any atom is 0.165 e. The number of methoxy groups -OCH3 is 1. The number of nitrogens with zero attached hydrogens (tertiary/aromatic N) is 4. The van der Waals surface area contributed by atoms with Gasteiger partial charge in [0.1, 0.15) is 11.6 Å². The molecule has 6 heteroatoms. The van der Waals surface area contributed by atoms with Crippen molar-refractivity contribution < 1.29 is 9.84 Å². The summed E-state index contributed by atoms with van der Waals surface area (Å²) in [5.74, 6) is 2.04. The first-order valence-corrected chi connectivity index (χ1v) is 10.6. The van der Waals surface area contributed by atoms with Crippen LogP contribution < -0.4 is 9.64 Å². The van der Waals surface area contributed by atoms with Gasteiger partial charge in [0.05, 0.1) is 18.9 Å². The van der Waals surface area contributed by atoms with Crippen molar-refractivity contribution in [2.24, 2.45) is 0 Å². The minimum Gasteiger partial charge on any atom is -0.497 e. The standard InChI is InChI=1S/C23H28N4O2/c1-15-21(16-7-9-18(29-2)10-8-16)22-24-20-6-4-3-5-19(20)23(27(22)25-15)26-13-11-17(28)12-14-26/h7-10,17,28H,3-6,11-14H2,1-2H3. The SMILES string of the molecule is COc1ccc(-c2c(C)nn3c(N4CCC(O)CC4)c4c(nc23)CCCC4)cc1. The van der Waals surface area contributed by atoms with Crippen molar-refractivity contribution in [2.45, 2.75) is 51.6 Å². The van der Waals surface area contributed by atoms with E-state index in [1.807, 2.05) is 12.1 Å². The van der Waals surface area contributed by atoms with Crippen LogP contribution in [0.15, 0.2) is 24.3 Å². The first kappa shape index (κ1) is 18.4. The summed E-state index contributed by atoms with van der Waals surface area (Å²) < 4.78 is 7.39. The Morgan fingerprint density at radius 3 is 2.52 bits per heavy atom. The van der Waals surface area contributed by atoms with Gasteiger partial charge in [0.2, 0.25) is 0 Å². The van der Waals surface area contributed by atoms with Crippen molar-refractivity contribution in [1.82, 2.24) is 14.6 Å². The molecule has 0 atom stereocenters. The van der Waals surface area contributed by atoms with Gasteiger partial charge >= 0.3 is 0 Å². The lowest BCUT2D eigenvalue weighted by Crippen LogP contribution is -2.38. The number of ether oxygens (including phenoxy) is 1. The quantitative estimate of drug-likeness (QED) is 0.739. The number of hydrogen-bond donors (Lipinski definition) is 1. The van der Waals surface area contributed by atoms with Crippen LogP contribution >= 0.6 is 0 Å². The third kappa shape index (κ3) is 3.15. The van der Waals surface area contributed by atoms with E-state index in [2.05, 4.69) is 28.5 Å². The van der Waals surface area contributed by atoms with Gasteiger partial charge in [0.25, 0.3) is 0 Å². The molecular formula is C23H28N4O2. The van der Waals surface area contributed by atoms with E-state index in [9.17, 15) is 5.11 Å². The van der Waals surface area contributed by atoms with Gasteiger partial charge in [-0.3, -0.25) is 0 Å². The molecular weight excluding hydrogens is 364 g/mol. The third-order valence-corrected chi connectivity index (χ3v) is 6.33. The molecule has 1 aliphatic carbocycles. The first-order valence-electron chi connectivity index (χ1n) is 10.6. The van der Waals surface area contributed by atoms with Gasteiger partial charge in [-0.2, -0.15) is 9.61 Å². The van der Waals surface area contributed by atoms with Gasteiger partial charge < -0.3 is 14.7 Å². The average molecular weight is 393 g/mol. The molecule has 0 saturated carbocycles. The predicted octanol–water partition coefficient (Wildman–Crippen LogP) is 3.55. The van der Waals surface area contributed by atoms with Crippen LogP contribution in [0.2, 0.25) is 0 Å². The Morgan fingerprint density at radius 1 is 1.07 bits per heavy atom. The van der Waals surface area contributed by atoms with Crippen molar-refractivity contribution in [3.8, 4) is 16.9 Å². The van der Waals surface area contributed by atoms with Crippen molar-refractivity contribution in [1.29, 1.82) is 0 Å². The van der Waals surface area contributed by atoms with Crippen LogP contribution in [0, 0.1) is 6.92 Å². The Bertz CT molecular complexity index is 1030. The van der Waals surface area contributed by atoms with Crippen molar-refractivity contribution in [3.05, 3.63) is 41.2 Å². The lowest BCUT2D eigenvalue weighted by atomic mass is 9.95. The fourth-order valence-corrected chi connectivity index (χ4v) is 4.77. The highest BCUT2D eigenvalue weighted by atomic mass is 16.5. The predicted molar refractivity (Wildman–Crippen MR) is 114 cm³/mol. The van der Waals surface area contributed by atoms with Gasteiger partial charge in [-0.25, -0.2) is 4.98 Å². The molecule has 2 aliphatic rings. The van der Waals surface area contributed by atoms with Crippen LogP contribution in [-0.4, -0.2) is 46.0 Å². The fourth-order valence-electron chi connectivity index (χ4n) is 4.77. The van der Waals surface area contributed by atoms with E-state index in [1.165, 1.54) is 29.9 Å². The Balaban J connectivity index is 1.71. The number of fused-ring (bicyclic) bond motifs is 2. The van der Waals surface area contributed by atoms with Gasteiger partial charge in [-0.15, -0.1) is 0 Å². The molecule has 1 N–H and O–H groups in total. The number of aromatic nitrogens is 3. The number of aliphatic hydroxyl groups excluding tert-OH is 1. The second-order valence-corrected chi connectivity index (χ2v) is 8.21. The van der Waals surface area contributed by atoms with Gasteiger partial charge in [-0.1, -0.05) is 12.1 Å². The number of hydrogen-bond acceptors (Lipinski definition) is 5. The summed E-state index contributed by atoms with van der Waals surface area (Å²) in [6.45, 7) is 3.80. The molecule has 0 spiro atoms. The molecule has 152 valence electrons. The number of piperidine rings is 1. The zero-order chi connectivity index (χ0) is 20.0. The maximum atomic E-state index is 9.99. The van der Waals surface area contributed by atoms with Crippen LogP contribution in [-0.2, 0) is 12.8 Å². The summed E-state index contributed by atoms with van der Waals surface area (Å²) in [5, 5.41) is 14.9. The van der Waals surface area contributed by atoms with E-state index in [0.717, 1.165) is 67.0 Å². The average Bonchev–Trinajstić information content (AvgIpc) is 3.08. The molecule has 0 amide bonds. The fraction of sp³-hybridized carbons (Fsp3) is 0.478. The third-order valence-electron chi connectivity index (χ3n) is 6.33. The normalized spacial score (nSPS) is 17.6. The van der Waals surface area contributed by atoms with E-state index >= 15 is 0 Å². The van der Waals surface area contributed by atoms with E-state index in [4.69, 9.17) is 14.8 Å². The van der Waals surface area contributed by atoms with Crippen LogP contribution in [0.3, 0.4) is 0 Å². The van der Waals surface area contributed by atoms with Crippen LogP contribution in [0.25, 0.3) is 16.8 Å². The number of rotatable bonds is 3. The highest BCUT2D eigenvalue weighted by molar-refractivity contribution is 5.82. The molecule has 29 heavy (non-hydrogen) atoms. The Morgan fingerprint density at radius 2 is 1.79 bits per heavy atom. The van der Waals surface area contributed by atoms with Crippen molar-refractivity contribution in [3.63, 3.8) is 0 Å². The van der Waals surface area contributed by atoms with E-state index in [1.54, 1.807) is 7.11 Å². The highest BCUT2D eigenvalue weighted by Crippen LogP contribution is 2.36. The molecule has 5 rings (SSSR count). The van der Waals surface area contributed by atoms with E-state index in [-0.39, 0.29) is 6.10 Å². The lowest BCUT2D eigenvalue weighted by molar-refractivity contribution is 0.145.